The predicted molar refractivity (Wildman–Crippen MR) is 105 cm³/mol. The highest BCUT2D eigenvalue weighted by molar-refractivity contribution is 6.01. The number of hydrogen-bond acceptors (Lipinski definition) is 2. The van der Waals surface area contributed by atoms with Crippen LogP contribution in [0.5, 0.6) is 5.75 Å². The number of ether oxygens (including phenoxy) is 1. The van der Waals surface area contributed by atoms with Crippen LogP contribution in [0, 0.1) is 0 Å². The van der Waals surface area contributed by atoms with Crippen molar-refractivity contribution in [3.63, 3.8) is 0 Å². The van der Waals surface area contributed by atoms with E-state index < -0.39 is 0 Å². The van der Waals surface area contributed by atoms with Crippen LogP contribution < -0.4 is 9.64 Å². The molecule has 1 atom stereocenters. The second-order valence-electron chi connectivity index (χ2n) is 7.53. The van der Waals surface area contributed by atoms with Gasteiger partial charge in [0.1, 0.15) is 5.75 Å². The van der Waals surface area contributed by atoms with E-state index in [1.807, 2.05) is 56.3 Å². The van der Waals surface area contributed by atoms with Crippen LogP contribution in [0.25, 0.3) is 0 Å². The summed E-state index contributed by atoms with van der Waals surface area (Å²) in [6, 6.07) is 17.9. The molecule has 3 rings (SSSR count). The van der Waals surface area contributed by atoms with E-state index in [0.717, 1.165) is 23.4 Å². The standard InChI is InChI=1S/C23H29NO2/c1-18(2)26-21-13-11-20(12-14-21)23(25)22(19-9-5-3-6-10-19)17-24-15-7-4-8-16-24/h3,5-6,9-14,18,22H,4,7-8,15-17H2,1-2H3/p+1/t22-/m1/s1. The molecule has 1 aliphatic rings. The van der Waals surface area contributed by atoms with Gasteiger partial charge in [-0.05, 0) is 62.9 Å². The van der Waals surface area contributed by atoms with Crippen LogP contribution >= 0.6 is 0 Å². The minimum Gasteiger partial charge on any atom is -0.491 e. The summed E-state index contributed by atoms with van der Waals surface area (Å²) in [5.74, 6) is 0.945. The van der Waals surface area contributed by atoms with Gasteiger partial charge in [-0.25, -0.2) is 0 Å². The van der Waals surface area contributed by atoms with E-state index in [0.29, 0.717) is 0 Å². The zero-order valence-electron chi connectivity index (χ0n) is 15.9. The maximum atomic E-state index is 13.3. The van der Waals surface area contributed by atoms with Crippen LogP contribution in [-0.2, 0) is 0 Å². The Labute approximate surface area is 157 Å². The number of likely N-dealkylation sites (tertiary alicyclic amines) is 1. The molecule has 0 spiro atoms. The smallest absolute Gasteiger partial charge is 0.175 e. The Kier molecular flexibility index (Phi) is 6.45. The number of ketones is 1. The molecular formula is C23H30NO2+. The number of piperidine rings is 1. The Bertz CT molecular complexity index is 688. The molecule has 0 amide bonds. The highest BCUT2D eigenvalue weighted by Gasteiger charge is 2.27. The lowest BCUT2D eigenvalue weighted by Crippen LogP contribution is -3.13. The lowest BCUT2D eigenvalue weighted by atomic mass is 9.89. The van der Waals surface area contributed by atoms with Gasteiger partial charge in [0, 0.05) is 5.56 Å². The van der Waals surface area contributed by atoms with E-state index in [1.54, 1.807) is 4.90 Å². The van der Waals surface area contributed by atoms with Gasteiger partial charge >= 0.3 is 0 Å². The van der Waals surface area contributed by atoms with Crippen molar-refractivity contribution in [1.29, 1.82) is 0 Å². The van der Waals surface area contributed by atoms with Crippen LogP contribution in [-0.4, -0.2) is 31.5 Å². The minimum absolute atomic E-state index is 0.0823. The molecule has 1 N–H and O–H groups in total. The molecule has 26 heavy (non-hydrogen) atoms. The topological polar surface area (TPSA) is 30.7 Å². The third-order valence-corrected chi connectivity index (χ3v) is 5.08. The highest BCUT2D eigenvalue weighted by Crippen LogP contribution is 2.22. The molecular weight excluding hydrogens is 322 g/mol. The summed E-state index contributed by atoms with van der Waals surface area (Å²) < 4.78 is 5.70. The number of quaternary nitrogens is 1. The number of rotatable bonds is 7. The van der Waals surface area contributed by atoms with E-state index in [1.165, 1.54) is 32.4 Å². The fourth-order valence-electron chi connectivity index (χ4n) is 3.76. The van der Waals surface area contributed by atoms with Gasteiger partial charge in [0.05, 0.1) is 31.7 Å². The molecule has 138 valence electrons. The van der Waals surface area contributed by atoms with Gasteiger partial charge in [-0.15, -0.1) is 0 Å². The van der Waals surface area contributed by atoms with E-state index in [2.05, 4.69) is 12.1 Å². The average Bonchev–Trinajstić information content (AvgIpc) is 2.67. The van der Waals surface area contributed by atoms with Crippen LogP contribution in [0.15, 0.2) is 54.6 Å². The lowest BCUT2D eigenvalue weighted by molar-refractivity contribution is -0.905. The molecule has 0 saturated carbocycles. The highest BCUT2D eigenvalue weighted by atomic mass is 16.5. The summed E-state index contributed by atoms with van der Waals surface area (Å²) >= 11 is 0. The van der Waals surface area contributed by atoms with Crippen LogP contribution in [0.1, 0.15) is 54.9 Å². The summed E-state index contributed by atoms with van der Waals surface area (Å²) in [5, 5.41) is 0. The first-order valence-electron chi connectivity index (χ1n) is 9.83. The molecule has 3 nitrogen and oxygen atoms in total. The van der Waals surface area contributed by atoms with Crippen molar-refractivity contribution in [1.82, 2.24) is 0 Å². The second kappa shape index (κ2) is 9.00. The molecule has 0 aliphatic carbocycles. The number of nitrogens with one attached hydrogen (secondary N) is 1. The summed E-state index contributed by atoms with van der Waals surface area (Å²) in [5.41, 5.74) is 1.89. The van der Waals surface area contributed by atoms with Gasteiger partial charge in [-0.2, -0.15) is 0 Å². The zero-order chi connectivity index (χ0) is 18.4. The van der Waals surface area contributed by atoms with Gasteiger partial charge in [0.15, 0.2) is 5.78 Å². The molecule has 3 heteroatoms. The third-order valence-electron chi connectivity index (χ3n) is 5.08. The van der Waals surface area contributed by atoms with Gasteiger partial charge in [-0.1, -0.05) is 30.3 Å². The number of carbonyl (C=O) groups excluding carboxylic acids is 1. The molecule has 0 unspecified atom stereocenters. The average molecular weight is 352 g/mol. The van der Waals surface area contributed by atoms with Crippen molar-refractivity contribution in [2.45, 2.75) is 45.1 Å². The van der Waals surface area contributed by atoms with Crippen molar-refractivity contribution in [2.24, 2.45) is 0 Å². The molecule has 1 fully saturated rings. The summed E-state index contributed by atoms with van der Waals surface area (Å²) in [7, 11) is 0. The number of carbonyl (C=O) groups is 1. The fourth-order valence-corrected chi connectivity index (χ4v) is 3.76. The molecule has 1 aliphatic heterocycles. The van der Waals surface area contributed by atoms with Crippen molar-refractivity contribution in [2.75, 3.05) is 19.6 Å². The molecule has 1 heterocycles. The maximum absolute atomic E-state index is 13.3. The summed E-state index contributed by atoms with van der Waals surface area (Å²) in [6.07, 6.45) is 4.00. The lowest BCUT2D eigenvalue weighted by Gasteiger charge is -2.27. The maximum Gasteiger partial charge on any atom is 0.175 e. The number of hydrogen-bond donors (Lipinski definition) is 1. The van der Waals surface area contributed by atoms with Crippen LogP contribution in [0.3, 0.4) is 0 Å². The van der Waals surface area contributed by atoms with Crippen molar-refractivity contribution < 1.29 is 14.4 Å². The second-order valence-corrected chi connectivity index (χ2v) is 7.53. The normalized spacial score (nSPS) is 16.4. The first-order valence-corrected chi connectivity index (χ1v) is 9.83. The van der Waals surface area contributed by atoms with E-state index >= 15 is 0 Å². The summed E-state index contributed by atoms with van der Waals surface area (Å²) in [4.78, 5) is 14.9. The zero-order valence-corrected chi connectivity index (χ0v) is 15.9. The van der Waals surface area contributed by atoms with Crippen molar-refractivity contribution in [3.05, 3.63) is 65.7 Å². The van der Waals surface area contributed by atoms with Gasteiger partial charge in [0.2, 0.25) is 0 Å². The first kappa shape index (κ1) is 18.7. The van der Waals surface area contributed by atoms with Crippen molar-refractivity contribution in [3.8, 4) is 5.75 Å². The van der Waals surface area contributed by atoms with Gasteiger partial charge in [-0.3, -0.25) is 4.79 Å². The third kappa shape index (κ3) is 4.95. The Morgan fingerprint density at radius 1 is 0.962 bits per heavy atom. The van der Waals surface area contributed by atoms with E-state index in [4.69, 9.17) is 4.74 Å². The van der Waals surface area contributed by atoms with Crippen LogP contribution in [0.2, 0.25) is 0 Å². The SMILES string of the molecule is CC(C)Oc1ccc(C(=O)[C@H](C[NH+]2CCCCC2)c2ccccc2)cc1. The van der Waals surface area contributed by atoms with Gasteiger partial charge in [0.25, 0.3) is 0 Å². The molecule has 0 radical (unpaired) electrons. The van der Waals surface area contributed by atoms with Crippen LogP contribution in [0.4, 0.5) is 0 Å². The van der Waals surface area contributed by atoms with E-state index in [-0.39, 0.29) is 17.8 Å². The molecule has 2 aromatic carbocycles. The minimum atomic E-state index is -0.0823. The Hall–Kier alpha value is -2.13. The number of benzene rings is 2. The molecule has 1 saturated heterocycles. The monoisotopic (exact) mass is 352 g/mol. The first-order chi connectivity index (χ1) is 12.6. The quantitative estimate of drug-likeness (QED) is 0.773. The van der Waals surface area contributed by atoms with Crippen molar-refractivity contribution >= 4 is 5.78 Å². The van der Waals surface area contributed by atoms with E-state index in [9.17, 15) is 4.79 Å². The predicted octanol–water partition coefficient (Wildman–Crippen LogP) is 3.51. The van der Waals surface area contributed by atoms with Gasteiger partial charge < -0.3 is 9.64 Å². The molecule has 0 bridgehead atoms. The molecule has 0 aromatic heterocycles. The largest absolute Gasteiger partial charge is 0.491 e. The summed E-state index contributed by atoms with van der Waals surface area (Å²) in [6.45, 7) is 7.25. The Morgan fingerprint density at radius 2 is 1.62 bits per heavy atom. The molecule has 2 aromatic rings. The fraction of sp³-hybridized carbons (Fsp3) is 0.435. The Balaban J connectivity index is 1.79. The Morgan fingerprint density at radius 3 is 2.23 bits per heavy atom. The number of Topliss-reactive ketones (excluding diaryl/α,β-unsaturated/α-hetero) is 1.